The van der Waals surface area contributed by atoms with E-state index in [9.17, 15) is 4.79 Å². The highest BCUT2D eigenvalue weighted by Gasteiger charge is 2.22. The van der Waals surface area contributed by atoms with Crippen molar-refractivity contribution in [1.82, 2.24) is 14.5 Å². The molecule has 1 aliphatic heterocycles. The van der Waals surface area contributed by atoms with Gasteiger partial charge in [0.25, 0.3) is 0 Å². The fourth-order valence-electron chi connectivity index (χ4n) is 3.70. The Morgan fingerprint density at radius 2 is 1.81 bits per heavy atom. The number of aryl methyl sites for hydroxylation is 1. The highest BCUT2D eigenvalue weighted by molar-refractivity contribution is 5.87. The zero-order valence-electron chi connectivity index (χ0n) is 15.1. The van der Waals surface area contributed by atoms with Crippen molar-refractivity contribution in [3.05, 3.63) is 60.4 Å². The molecule has 3 aromatic rings. The van der Waals surface area contributed by atoms with Crippen LogP contribution in [0.4, 0.5) is 5.69 Å². The summed E-state index contributed by atoms with van der Waals surface area (Å²) in [5, 5.41) is 1.09. The second-order valence-electron chi connectivity index (χ2n) is 6.70. The van der Waals surface area contributed by atoms with E-state index < -0.39 is 0 Å². The third-order valence-corrected chi connectivity index (χ3v) is 5.15. The molecule has 0 N–H and O–H groups in total. The van der Waals surface area contributed by atoms with E-state index in [1.165, 1.54) is 5.69 Å². The minimum absolute atomic E-state index is 0.205. The topological polar surface area (TPSA) is 41.4 Å². The van der Waals surface area contributed by atoms with E-state index in [-0.39, 0.29) is 5.91 Å². The van der Waals surface area contributed by atoms with Gasteiger partial charge in [-0.05, 0) is 36.8 Å². The molecule has 0 bridgehead atoms. The molecule has 5 heteroatoms. The third-order valence-electron chi connectivity index (χ3n) is 5.15. The van der Waals surface area contributed by atoms with Gasteiger partial charge in [0.1, 0.15) is 5.65 Å². The summed E-state index contributed by atoms with van der Waals surface area (Å²) in [5.74, 6) is 0.205. The van der Waals surface area contributed by atoms with Gasteiger partial charge in [-0.1, -0.05) is 18.2 Å². The second kappa shape index (κ2) is 7.20. The Kier molecular flexibility index (Phi) is 4.61. The number of amides is 1. The number of carbonyl (C=O) groups excluding carboxylic acids is 1. The summed E-state index contributed by atoms with van der Waals surface area (Å²) in [4.78, 5) is 21.6. The van der Waals surface area contributed by atoms with Crippen LogP contribution in [0.25, 0.3) is 11.0 Å². The first-order valence-electron chi connectivity index (χ1n) is 9.27. The minimum Gasteiger partial charge on any atom is -0.368 e. The first-order valence-corrected chi connectivity index (χ1v) is 9.27. The quantitative estimate of drug-likeness (QED) is 0.728. The van der Waals surface area contributed by atoms with Gasteiger partial charge in [-0.2, -0.15) is 0 Å². The molecule has 1 amide bonds. The Labute approximate surface area is 153 Å². The van der Waals surface area contributed by atoms with Crippen molar-refractivity contribution < 1.29 is 4.79 Å². The van der Waals surface area contributed by atoms with Gasteiger partial charge in [0.05, 0.1) is 6.42 Å². The lowest BCUT2D eigenvalue weighted by Gasteiger charge is -2.36. The van der Waals surface area contributed by atoms with Crippen molar-refractivity contribution in [2.75, 3.05) is 31.1 Å². The van der Waals surface area contributed by atoms with E-state index >= 15 is 0 Å². The first kappa shape index (κ1) is 16.6. The molecule has 1 fully saturated rings. The van der Waals surface area contributed by atoms with Crippen LogP contribution >= 0.6 is 0 Å². The molecule has 0 atom stereocenters. The standard InChI is InChI=1S/C21H24N4O/c1-2-23-16-17(19-9-6-10-22-21(19)23)15-20(26)25-13-11-24(12-14-25)18-7-4-3-5-8-18/h3-10,16H,2,11-15H2,1H3. The number of nitrogens with zero attached hydrogens (tertiary/aromatic N) is 4. The lowest BCUT2D eigenvalue weighted by molar-refractivity contribution is -0.130. The molecule has 5 nitrogen and oxygen atoms in total. The number of carbonyl (C=O) groups is 1. The van der Waals surface area contributed by atoms with Gasteiger partial charge in [0, 0.05) is 56.2 Å². The summed E-state index contributed by atoms with van der Waals surface area (Å²) in [6.07, 6.45) is 4.33. The van der Waals surface area contributed by atoms with Crippen molar-refractivity contribution in [2.45, 2.75) is 19.9 Å². The monoisotopic (exact) mass is 348 g/mol. The number of para-hydroxylation sites is 1. The van der Waals surface area contributed by atoms with Gasteiger partial charge >= 0.3 is 0 Å². The number of benzene rings is 1. The van der Waals surface area contributed by atoms with Crippen LogP contribution in [0.5, 0.6) is 0 Å². The number of fused-ring (bicyclic) bond motifs is 1. The molecule has 1 saturated heterocycles. The molecule has 0 saturated carbocycles. The molecule has 3 heterocycles. The van der Waals surface area contributed by atoms with Gasteiger partial charge < -0.3 is 14.4 Å². The SMILES string of the molecule is CCn1cc(CC(=O)N2CCN(c3ccccc3)CC2)c2cccnc21. The Hall–Kier alpha value is -2.82. The third kappa shape index (κ3) is 3.17. The number of anilines is 1. The summed E-state index contributed by atoms with van der Waals surface area (Å²) < 4.78 is 2.12. The number of hydrogen-bond acceptors (Lipinski definition) is 3. The Morgan fingerprint density at radius 3 is 2.54 bits per heavy atom. The number of aromatic nitrogens is 2. The molecule has 0 unspecified atom stereocenters. The predicted molar refractivity (Wildman–Crippen MR) is 104 cm³/mol. The number of hydrogen-bond donors (Lipinski definition) is 0. The molecule has 1 aromatic carbocycles. The molecule has 0 spiro atoms. The van der Waals surface area contributed by atoms with Gasteiger partial charge in [-0.15, -0.1) is 0 Å². The summed E-state index contributed by atoms with van der Waals surface area (Å²) in [6, 6.07) is 14.4. The van der Waals surface area contributed by atoms with Crippen LogP contribution in [0.15, 0.2) is 54.9 Å². The Morgan fingerprint density at radius 1 is 1.04 bits per heavy atom. The summed E-state index contributed by atoms with van der Waals surface area (Å²) in [7, 11) is 0. The van der Waals surface area contributed by atoms with Crippen LogP contribution in [-0.4, -0.2) is 46.5 Å². The Balaban J connectivity index is 1.44. The lowest BCUT2D eigenvalue weighted by atomic mass is 10.1. The molecule has 0 radical (unpaired) electrons. The molecule has 1 aliphatic rings. The second-order valence-corrected chi connectivity index (χ2v) is 6.70. The highest BCUT2D eigenvalue weighted by Crippen LogP contribution is 2.21. The average Bonchev–Trinajstić information content (AvgIpc) is 3.06. The number of rotatable bonds is 4. The van der Waals surface area contributed by atoms with Crippen LogP contribution in [0.1, 0.15) is 12.5 Å². The maximum absolute atomic E-state index is 12.8. The maximum Gasteiger partial charge on any atom is 0.227 e. The molecule has 26 heavy (non-hydrogen) atoms. The van der Waals surface area contributed by atoms with E-state index in [4.69, 9.17) is 0 Å². The molecular weight excluding hydrogens is 324 g/mol. The summed E-state index contributed by atoms with van der Waals surface area (Å²) in [5.41, 5.74) is 3.27. The van der Waals surface area contributed by atoms with E-state index in [1.54, 1.807) is 0 Å². The smallest absolute Gasteiger partial charge is 0.227 e. The molecular formula is C21H24N4O. The van der Waals surface area contributed by atoms with Gasteiger partial charge in [-0.25, -0.2) is 4.98 Å². The fourth-order valence-corrected chi connectivity index (χ4v) is 3.70. The molecule has 0 aliphatic carbocycles. The maximum atomic E-state index is 12.8. The minimum atomic E-state index is 0.205. The zero-order chi connectivity index (χ0) is 17.9. The van der Waals surface area contributed by atoms with Crippen molar-refractivity contribution in [3.8, 4) is 0 Å². The van der Waals surface area contributed by atoms with Crippen LogP contribution in [0.2, 0.25) is 0 Å². The van der Waals surface area contributed by atoms with E-state index in [1.807, 2.05) is 23.2 Å². The lowest BCUT2D eigenvalue weighted by Crippen LogP contribution is -2.49. The molecule has 2 aromatic heterocycles. The van der Waals surface area contributed by atoms with Crippen LogP contribution in [-0.2, 0) is 17.8 Å². The van der Waals surface area contributed by atoms with E-state index in [0.29, 0.717) is 6.42 Å². The number of piperazine rings is 1. The average molecular weight is 348 g/mol. The normalized spacial score (nSPS) is 14.8. The molecule has 4 rings (SSSR count). The van der Waals surface area contributed by atoms with Crippen molar-refractivity contribution in [3.63, 3.8) is 0 Å². The van der Waals surface area contributed by atoms with Crippen molar-refractivity contribution >= 4 is 22.6 Å². The predicted octanol–water partition coefficient (Wildman–Crippen LogP) is 2.95. The summed E-state index contributed by atoms with van der Waals surface area (Å²) >= 11 is 0. The Bertz CT molecular complexity index is 895. The zero-order valence-corrected chi connectivity index (χ0v) is 15.1. The van der Waals surface area contributed by atoms with Crippen molar-refractivity contribution in [2.24, 2.45) is 0 Å². The van der Waals surface area contributed by atoms with Crippen LogP contribution in [0, 0.1) is 0 Å². The fraction of sp³-hybridized carbons (Fsp3) is 0.333. The van der Waals surface area contributed by atoms with Gasteiger partial charge in [0.15, 0.2) is 0 Å². The summed E-state index contributed by atoms with van der Waals surface area (Å²) in [6.45, 7) is 6.28. The van der Waals surface area contributed by atoms with Crippen molar-refractivity contribution in [1.29, 1.82) is 0 Å². The van der Waals surface area contributed by atoms with Gasteiger partial charge in [0.2, 0.25) is 5.91 Å². The van der Waals surface area contributed by atoms with Gasteiger partial charge in [-0.3, -0.25) is 4.79 Å². The number of pyridine rings is 1. The van der Waals surface area contributed by atoms with E-state index in [0.717, 1.165) is 49.3 Å². The van der Waals surface area contributed by atoms with Crippen LogP contribution in [0.3, 0.4) is 0 Å². The largest absolute Gasteiger partial charge is 0.368 e. The van der Waals surface area contributed by atoms with E-state index in [2.05, 4.69) is 57.9 Å². The molecule has 134 valence electrons. The van der Waals surface area contributed by atoms with Crippen LogP contribution < -0.4 is 4.90 Å². The first-order chi connectivity index (χ1) is 12.8. The highest BCUT2D eigenvalue weighted by atomic mass is 16.2.